The number of carbonyl (C=O) groups excluding carboxylic acids is 1. The Morgan fingerprint density at radius 1 is 1.64 bits per heavy atom. The molecule has 3 nitrogen and oxygen atoms in total. The van der Waals surface area contributed by atoms with Gasteiger partial charge in [0, 0.05) is 0 Å². The van der Waals surface area contributed by atoms with Crippen molar-refractivity contribution in [1.82, 2.24) is 5.32 Å². The lowest BCUT2D eigenvalue weighted by Crippen LogP contribution is -2.30. The number of nitrogens with two attached hydrogens (primary N) is 1. The highest BCUT2D eigenvalue weighted by atomic mass is 16.1. The molecule has 0 saturated heterocycles. The van der Waals surface area contributed by atoms with Gasteiger partial charge >= 0.3 is 0 Å². The van der Waals surface area contributed by atoms with Gasteiger partial charge in [0.1, 0.15) is 0 Å². The molecule has 0 amide bonds. The molecule has 0 unspecified atom stereocenters. The summed E-state index contributed by atoms with van der Waals surface area (Å²) in [4.78, 5) is 10.7. The highest BCUT2D eigenvalue weighted by molar-refractivity contribution is 6.59. The van der Waals surface area contributed by atoms with Gasteiger partial charge in [-0.2, -0.15) is 0 Å². The summed E-state index contributed by atoms with van der Waals surface area (Å²) in [5, 5.41) is 3.04. The molecule has 64 valence electrons. The van der Waals surface area contributed by atoms with Crippen LogP contribution < -0.4 is 11.1 Å². The molecule has 0 radical (unpaired) electrons. The summed E-state index contributed by atoms with van der Waals surface area (Å²) in [6.07, 6.45) is 2.94. The molecule has 1 atom stereocenters. The third-order valence-corrected chi connectivity index (χ3v) is 1.71. The highest BCUT2D eigenvalue weighted by Gasteiger charge is 2.05. The van der Waals surface area contributed by atoms with Crippen LogP contribution >= 0.6 is 0 Å². The third-order valence-electron chi connectivity index (χ3n) is 1.71. The van der Waals surface area contributed by atoms with Crippen molar-refractivity contribution in [2.75, 3.05) is 13.6 Å². The molecule has 3 N–H and O–H groups in total. The van der Waals surface area contributed by atoms with E-state index < -0.39 is 0 Å². The second kappa shape index (κ2) is 6.37. The molecule has 0 heterocycles. The first-order valence-electron chi connectivity index (χ1n) is 4.09. The maximum atomic E-state index is 10.7. The minimum absolute atomic E-state index is 0.0921. The molecule has 0 fully saturated rings. The molecule has 0 saturated carbocycles. The summed E-state index contributed by atoms with van der Waals surface area (Å²) >= 11 is 0. The Morgan fingerprint density at radius 2 is 2.27 bits per heavy atom. The van der Waals surface area contributed by atoms with Gasteiger partial charge in [-0.05, 0) is 26.4 Å². The van der Waals surface area contributed by atoms with E-state index in [4.69, 9.17) is 5.73 Å². The molecule has 0 aliphatic rings. The Balaban J connectivity index is 3.17. The van der Waals surface area contributed by atoms with Crippen LogP contribution in [-0.4, -0.2) is 33.2 Å². The number of rotatable bonds is 6. The Morgan fingerprint density at radius 3 is 2.73 bits per heavy atom. The van der Waals surface area contributed by atoms with E-state index in [-0.39, 0.29) is 11.7 Å². The van der Waals surface area contributed by atoms with E-state index in [1.165, 1.54) is 0 Å². The van der Waals surface area contributed by atoms with Gasteiger partial charge in [-0.25, -0.2) is 0 Å². The molecule has 0 aromatic rings. The van der Waals surface area contributed by atoms with Gasteiger partial charge in [0.2, 0.25) is 0 Å². The van der Waals surface area contributed by atoms with Gasteiger partial charge in [-0.15, -0.1) is 0 Å². The molecule has 0 aliphatic heterocycles. The van der Waals surface area contributed by atoms with Crippen molar-refractivity contribution in [3.05, 3.63) is 0 Å². The predicted molar refractivity (Wildman–Crippen MR) is 49.3 cm³/mol. The molecular weight excluding hydrogens is 139 g/mol. The molecule has 4 heteroatoms. The maximum absolute atomic E-state index is 10.7. The molecule has 11 heavy (non-hydrogen) atoms. The molecule has 0 aromatic heterocycles. The first-order chi connectivity index (χ1) is 5.18. The van der Waals surface area contributed by atoms with Gasteiger partial charge in [-0.3, -0.25) is 0 Å². The Kier molecular flexibility index (Phi) is 6.17. The Labute approximate surface area is 69.1 Å². The smallest absolute Gasteiger partial charge is 0.189 e. The van der Waals surface area contributed by atoms with E-state index in [2.05, 4.69) is 5.32 Å². The van der Waals surface area contributed by atoms with Crippen LogP contribution in [-0.2, 0) is 4.79 Å². The van der Waals surface area contributed by atoms with Gasteiger partial charge in [0.05, 0.1) is 11.7 Å². The maximum Gasteiger partial charge on any atom is 0.189 e. The standard InChI is InChI=1S/C7H17BN2O/c1-10-5-3-2-4-6(9)7(8)11/h6,10H,2-5,8-9H2,1H3/t6-/m0/s1. The zero-order valence-electron chi connectivity index (χ0n) is 7.39. The van der Waals surface area contributed by atoms with Crippen LogP contribution in [0.4, 0.5) is 0 Å². The van der Waals surface area contributed by atoms with E-state index >= 15 is 0 Å². The highest BCUT2D eigenvalue weighted by Crippen LogP contribution is 1.97. The first-order valence-corrected chi connectivity index (χ1v) is 4.09. The minimum atomic E-state index is -0.244. The lowest BCUT2D eigenvalue weighted by molar-refractivity contribution is -0.113. The van der Waals surface area contributed by atoms with Crippen molar-refractivity contribution >= 4 is 13.5 Å². The molecule has 0 bridgehead atoms. The fraction of sp³-hybridized carbons (Fsp3) is 0.857. The lowest BCUT2D eigenvalue weighted by atomic mass is 9.92. The van der Waals surface area contributed by atoms with E-state index in [0.29, 0.717) is 0 Å². The monoisotopic (exact) mass is 156 g/mol. The van der Waals surface area contributed by atoms with Crippen molar-refractivity contribution in [3.63, 3.8) is 0 Å². The Bertz CT molecular complexity index is 119. The largest absolute Gasteiger partial charge is 0.322 e. The fourth-order valence-electron chi connectivity index (χ4n) is 0.869. The number of hydrogen-bond acceptors (Lipinski definition) is 3. The van der Waals surface area contributed by atoms with Gasteiger partial charge in [0.25, 0.3) is 0 Å². The van der Waals surface area contributed by atoms with E-state index in [0.717, 1.165) is 25.8 Å². The first kappa shape index (κ1) is 10.7. The number of hydrogen-bond donors (Lipinski definition) is 2. The topological polar surface area (TPSA) is 55.1 Å². The van der Waals surface area contributed by atoms with Crippen LogP contribution in [0.1, 0.15) is 19.3 Å². The molecular formula is C7H17BN2O. The van der Waals surface area contributed by atoms with Crippen molar-refractivity contribution in [1.29, 1.82) is 0 Å². The Hall–Kier alpha value is -0.345. The summed E-state index contributed by atoms with van der Waals surface area (Å²) in [6, 6.07) is -0.244. The number of carbonyl (C=O) groups is 1. The van der Waals surface area contributed by atoms with Gasteiger partial charge in [-0.1, -0.05) is 6.42 Å². The minimum Gasteiger partial charge on any atom is -0.322 e. The zero-order valence-corrected chi connectivity index (χ0v) is 7.39. The second-order valence-corrected chi connectivity index (χ2v) is 2.82. The van der Waals surface area contributed by atoms with Crippen LogP contribution in [0.2, 0.25) is 0 Å². The molecule has 0 aromatic carbocycles. The van der Waals surface area contributed by atoms with Gasteiger partial charge < -0.3 is 15.8 Å². The second-order valence-electron chi connectivity index (χ2n) is 2.82. The van der Waals surface area contributed by atoms with Gasteiger partial charge in [0.15, 0.2) is 7.85 Å². The molecule has 0 spiro atoms. The van der Waals surface area contributed by atoms with Crippen molar-refractivity contribution in [3.8, 4) is 0 Å². The fourth-order valence-corrected chi connectivity index (χ4v) is 0.869. The summed E-state index contributed by atoms with van der Waals surface area (Å²) in [5.74, 6) is 0. The normalized spacial score (nSPS) is 12.9. The van der Waals surface area contributed by atoms with Crippen LogP contribution in [0.3, 0.4) is 0 Å². The lowest BCUT2D eigenvalue weighted by Gasteiger charge is -2.06. The summed E-state index contributed by atoms with van der Waals surface area (Å²) in [6.45, 7) is 1.00. The average molecular weight is 156 g/mol. The number of unbranched alkanes of at least 4 members (excludes halogenated alkanes) is 1. The van der Waals surface area contributed by atoms with E-state index in [1.54, 1.807) is 7.85 Å². The van der Waals surface area contributed by atoms with E-state index in [1.807, 2.05) is 7.05 Å². The quantitative estimate of drug-likeness (QED) is 0.377. The van der Waals surface area contributed by atoms with Crippen molar-refractivity contribution < 1.29 is 4.79 Å². The summed E-state index contributed by atoms with van der Waals surface area (Å²) < 4.78 is 0. The van der Waals surface area contributed by atoms with Crippen molar-refractivity contribution in [2.24, 2.45) is 5.73 Å². The van der Waals surface area contributed by atoms with Crippen molar-refractivity contribution in [2.45, 2.75) is 25.3 Å². The third kappa shape index (κ3) is 6.07. The predicted octanol–water partition coefficient (Wildman–Crippen LogP) is -1.14. The van der Waals surface area contributed by atoms with Crippen LogP contribution in [0.15, 0.2) is 0 Å². The van der Waals surface area contributed by atoms with Crippen LogP contribution in [0.5, 0.6) is 0 Å². The SMILES string of the molecule is BC(=O)[C@@H](N)CCCCNC. The van der Waals surface area contributed by atoms with Crippen LogP contribution in [0.25, 0.3) is 0 Å². The van der Waals surface area contributed by atoms with Crippen LogP contribution in [0, 0.1) is 0 Å². The average Bonchev–Trinajstić information content (AvgIpc) is 1.97. The molecule has 0 rings (SSSR count). The summed E-state index contributed by atoms with van der Waals surface area (Å²) in [7, 11) is 3.47. The van der Waals surface area contributed by atoms with E-state index in [9.17, 15) is 4.79 Å². The number of nitrogens with one attached hydrogen (secondary N) is 1. The zero-order chi connectivity index (χ0) is 8.69. The summed E-state index contributed by atoms with van der Waals surface area (Å²) in [5.41, 5.74) is 5.62. The molecule has 0 aliphatic carbocycles.